The summed E-state index contributed by atoms with van der Waals surface area (Å²) in [4.78, 5) is 7.30. The smallest absolute Gasteiger partial charge is 0.0522 e. The second kappa shape index (κ2) is 38.0. The van der Waals surface area contributed by atoms with Gasteiger partial charge in [-0.05, 0) is 283 Å². The Morgan fingerprint density at radius 2 is 0.375 bits per heavy atom. The van der Waals surface area contributed by atoms with Gasteiger partial charge in [-0.1, -0.05) is 367 Å². The quantitative estimate of drug-likeness (QED) is 0.0475. The van der Waals surface area contributed by atoms with Crippen LogP contribution in [0.15, 0.2) is 400 Å². The van der Waals surface area contributed by atoms with Crippen LogP contribution in [0.2, 0.25) is 0 Å². The SMILES string of the molecule is CCc1cccc(C)c1N(c1ccc(C=Cc2cc(C=Cc3ccc(N(c4ccc(C=C(c5ccccc5)c5ccccc5)cc4)c4c(C)cccc4CC)cc3)cc(C=Cc3ccc(N(c4ccc(C=C(c5ccccc5)c5ccccc5)cc4)c4c(C)cccc4CC)cc3)c2)cc1)c1ccc(C=C(c2ccccc2)c2ccccc2)cc1. The van der Waals surface area contributed by atoms with Gasteiger partial charge < -0.3 is 14.7 Å². The Morgan fingerprint density at radius 1 is 0.192 bits per heavy atom. The molecule has 120 heavy (non-hydrogen) atoms. The van der Waals surface area contributed by atoms with E-state index < -0.39 is 0 Å². The molecule has 16 aromatic carbocycles. The molecule has 0 N–H and O–H groups in total. The van der Waals surface area contributed by atoms with Crippen molar-refractivity contribution < 1.29 is 0 Å². The van der Waals surface area contributed by atoms with E-state index in [4.69, 9.17) is 0 Å². The van der Waals surface area contributed by atoms with Gasteiger partial charge in [0.15, 0.2) is 0 Å². The molecular formula is C117H99N3. The number of rotatable bonds is 27. The largest absolute Gasteiger partial charge is 0.310 e. The van der Waals surface area contributed by atoms with Crippen LogP contribution in [0.1, 0.15) is 138 Å². The zero-order chi connectivity index (χ0) is 81.9. The topological polar surface area (TPSA) is 9.72 Å². The third kappa shape index (κ3) is 18.7. The number of benzene rings is 16. The van der Waals surface area contributed by atoms with E-state index >= 15 is 0 Å². The Balaban J connectivity index is 0.724. The minimum atomic E-state index is 0.903. The van der Waals surface area contributed by atoms with E-state index in [9.17, 15) is 0 Å². The molecule has 0 atom stereocenters. The second-order valence-electron chi connectivity index (χ2n) is 30.7. The highest BCUT2D eigenvalue weighted by molar-refractivity contribution is 5.96. The lowest BCUT2D eigenvalue weighted by Crippen LogP contribution is -2.13. The summed E-state index contributed by atoms with van der Waals surface area (Å²) in [6, 6.07) is 145. The number of hydrogen-bond donors (Lipinski definition) is 0. The van der Waals surface area contributed by atoms with Gasteiger partial charge in [0.2, 0.25) is 0 Å². The van der Waals surface area contributed by atoms with Crippen molar-refractivity contribution >= 4 is 123 Å². The van der Waals surface area contributed by atoms with Crippen molar-refractivity contribution in [2.75, 3.05) is 14.7 Å². The molecule has 0 heterocycles. The minimum absolute atomic E-state index is 0.903. The maximum Gasteiger partial charge on any atom is 0.0522 e. The van der Waals surface area contributed by atoms with Crippen LogP contribution in [-0.2, 0) is 19.3 Å². The van der Waals surface area contributed by atoms with Crippen LogP contribution in [0.4, 0.5) is 51.2 Å². The molecule has 16 aromatic rings. The lowest BCUT2D eigenvalue weighted by atomic mass is 9.95. The summed E-state index contributed by atoms with van der Waals surface area (Å²) in [6.45, 7) is 13.4. The molecule has 582 valence electrons. The van der Waals surface area contributed by atoms with Gasteiger partial charge in [0.25, 0.3) is 0 Å². The zero-order valence-electron chi connectivity index (χ0n) is 69.3. The summed E-state index contributed by atoms with van der Waals surface area (Å²) in [7, 11) is 0. The Bertz CT molecular complexity index is 5560. The molecule has 0 saturated carbocycles. The molecule has 0 saturated heterocycles. The van der Waals surface area contributed by atoms with Crippen LogP contribution in [-0.4, -0.2) is 0 Å². The molecule has 0 aliphatic heterocycles. The summed E-state index contributed by atoms with van der Waals surface area (Å²) in [5, 5.41) is 0. The number of anilines is 9. The summed E-state index contributed by atoms with van der Waals surface area (Å²) >= 11 is 0. The van der Waals surface area contributed by atoms with E-state index in [2.05, 4.69) is 511 Å². The van der Waals surface area contributed by atoms with Gasteiger partial charge in [0, 0.05) is 34.1 Å². The molecule has 0 aliphatic carbocycles. The van der Waals surface area contributed by atoms with Crippen LogP contribution < -0.4 is 14.7 Å². The van der Waals surface area contributed by atoms with E-state index in [1.807, 2.05) is 0 Å². The molecule has 3 nitrogen and oxygen atoms in total. The molecule has 0 aromatic heterocycles. The Labute approximate surface area is 710 Å². The first-order valence-electron chi connectivity index (χ1n) is 42.0. The van der Waals surface area contributed by atoms with Crippen LogP contribution in [0.25, 0.3) is 71.4 Å². The van der Waals surface area contributed by atoms with E-state index in [1.54, 1.807) is 0 Å². The van der Waals surface area contributed by atoms with Gasteiger partial charge in [-0.25, -0.2) is 0 Å². The van der Waals surface area contributed by atoms with Crippen LogP contribution in [0.3, 0.4) is 0 Å². The number of nitrogens with zero attached hydrogens (tertiary/aromatic N) is 3. The predicted molar refractivity (Wildman–Crippen MR) is 519 cm³/mol. The average Bonchev–Trinajstić information content (AvgIpc) is 0.789. The van der Waals surface area contributed by atoms with Gasteiger partial charge in [-0.2, -0.15) is 0 Å². The van der Waals surface area contributed by atoms with Crippen molar-refractivity contribution in [3.8, 4) is 0 Å². The number of para-hydroxylation sites is 3. The Morgan fingerprint density at radius 3 is 0.567 bits per heavy atom. The van der Waals surface area contributed by atoms with Gasteiger partial charge in [-0.15, -0.1) is 0 Å². The first-order chi connectivity index (χ1) is 59.1. The van der Waals surface area contributed by atoms with Crippen molar-refractivity contribution in [2.24, 2.45) is 0 Å². The Kier molecular flexibility index (Phi) is 25.1. The highest BCUT2D eigenvalue weighted by Crippen LogP contribution is 2.45. The van der Waals surface area contributed by atoms with E-state index in [-0.39, 0.29) is 0 Å². The first-order valence-corrected chi connectivity index (χ1v) is 42.0. The monoisotopic (exact) mass is 1550 g/mol. The minimum Gasteiger partial charge on any atom is -0.310 e. The molecular weight excluding hydrogens is 1450 g/mol. The van der Waals surface area contributed by atoms with E-state index in [1.165, 1.54) is 101 Å². The fourth-order valence-electron chi connectivity index (χ4n) is 16.3. The van der Waals surface area contributed by atoms with E-state index in [0.29, 0.717) is 0 Å². The molecule has 0 aliphatic rings. The van der Waals surface area contributed by atoms with Gasteiger partial charge in [0.05, 0.1) is 17.1 Å². The third-order valence-corrected chi connectivity index (χ3v) is 22.5. The zero-order valence-corrected chi connectivity index (χ0v) is 69.3. The van der Waals surface area contributed by atoms with Crippen LogP contribution in [0, 0.1) is 20.8 Å². The Hall–Kier alpha value is -14.6. The average molecular weight is 1550 g/mol. The summed E-state index contributed by atoms with van der Waals surface area (Å²) in [6.07, 6.45) is 23.1. The maximum absolute atomic E-state index is 2.43. The van der Waals surface area contributed by atoms with Crippen molar-refractivity contribution in [1.29, 1.82) is 0 Å². The van der Waals surface area contributed by atoms with Gasteiger partial charge in [0.1, 0.15) is 0 Å². The molecule has 0 fully saturated rings. The number of hydrogen-bond acceptors (Lipinski definition) is 3. The van der Waals surface area contributed by atoms with Crippen LogP contribution in [0.5, 0.6) is 0 Å². The lowest BCUT2D eigenvalue weighted by Gasteiger charge is -2.29. The summed E-state index contributed by atoms with van der Waals surface area (Å²) < 4.78 is 0. The summed E-state index contributed by atoms with van der Waals surface area (Å²) in [5.74, 6) is 0. The predicted octanol–water partition coefficient (Wildman–Crippen LogP) is 32.0. The van der Waals surface area contributed by atoms with Crippen molar-refractivity contribution in [1.82, 2.24) is 0 Å². The van der Waals surface area contributed by atoms with Gasteiger partial charge in [-0.3, -0.25) is 0 Å². The van der Waals surface area contributed by atoms with E-state index in [0.717, 1.165) is 103 Å². The van der Waals surface area contributed by atoms with Crippen molar-refractivity contribution in [2.45, 2.75) is 60.8 Å². The molecule has 0 bridgehead atoms. The van der Waals surface area contributed by atoms with Gasteiger partial charge >= 0.3 is 0 Å². The van der Waals surface area contributed by atoms with Crippen molar-refractivity contribution in [3.63, 3.8) is 0 Å². The molecule has 0 radical (unpaired) electrons. The fraction of sp³-hybridized carbons (Fsp3) is 0.0769. The first kappa shape index (κ1) is 79.2. The van der Waals surface area contributed by atoms with Crippen LogP contribution >= 0.6 is 0 Å². The maximum atomic E-state index is 2.43. The lowest BCUT2D eigenvalue weighted by molar-refractivity contribution is 1.10. The second-order valence-corrected chi connectivity index (χ2v) is 30.7. The normalized spacial score (nSPS) is 11.2. The third-order valence-electron chi connectivity index (χ3n) is 22.5. The highest BCUT2D eigenvalue weighted by Gasteiger charge is 2.23. The molecule has 0 spiro atoms. The standard InChI is InChI=1S/C117H99N3/c1-7-97-46-28-31-85(4)115(97)118(109-73-61-91(62-74-109)82-112(100-34-16-10-17-35-100)101-36-18-11-19-37-101)106-67-55-88(56-68-106)49-52-94-79-95(53-50-89-57-69-107(70-58-89)119(116-86(5)32-29-47-98(116)8-2)110-75-63-92(64-76-110)83-113(102-38-20-12-21-39-102)103-40-22-13-23-41-103)81-96(80-94)54-51-90-59-71-108(72-60-90)120(117-87(6)33-30-48-99(117)9-3)111-77-65-93(66-78-111)84-114(104-42-24-14-25-43-104)105-44-26-15-27-45-105/h10-84H,7-9H2,1-6H3. The number of aryl methyl sites for hydroxylation is 6. The fourth-order valence-corrected chi connectivity index (χ4v) is 16.3. The molecule has 0 amide bonds. The molecule has 16 rings (SSSR count). The molecule has 0 unspecified atom stereocenters. The van der Waals surface area contributed by atoms with Crippen molar-refractivity contribution in [3.05, 3.63) is 517 Å². The highest BCUT2D eigenvalue weighted by atomic mass is 15.2. The summed E-state index contributed by atoms with van der Waals surface area (Å²) in [5.41, 5.74) is 38.4. The molecule has 3 heteroatoms.